The number of hydrogen-bond acceptors (Lipinski definition) is 4. The monoisotopic (exact) mass is 331 g/mol. The van der Waals surface area contributed by atoms with E-state index in [2.05, 4.69) is 0 Å². The lowest BCUT2D eigenvalue weighted by molar-refractivity contribution is -0.0586. The van der Waals surface area contributed by atoms with Crippen LogP contribution in [0.4, 0.5) is 0 Å². The van der Waals surface area contributed by atoms with Gasteiger partial charge in [-0.25, -0.2) is 8.42 Å². The standard InChI is InChI=1S/C14H18ClNO4S/c1-9-7-16(8-10(2)20-9)14(17)11-4-5-12(15)13(6-11)21(3,18)19/h4-6,9-10H,7-8H2,1-3H3/t9-,10-/m1/s1. The molecule has 5 nitrogen and oxygen atoms in total. The van der Waals surface area contributed by atoms with Crippen LogP contribution in [0, 0.1) is 0 Å². The minimum absolute atomic E-state index is 0.0237. The topological polar surface area (TPSA) is 63.7 Å². The highest BCUT2D eigenvalue weighted by molar-refractivity contribution is 7.90. The maximum atomic E-state index is 12.5. The number of carbonyl (C=O) groups is 1. The van der Waals surface area contributed by atoms with Crippen LogP contribution in [-0.4, -0.2) is 50.8 Å². The molecule has 0 aromatic heterocycles. The van der Waals surface area contributed by atoms with Gasteiger partial charge in [0.25, 0.3) is 5.91 Å². The van der Waals surface area contributed by atoms with Crippen LogP contribution in [0.5, 0.6) is 0 Å². The fourth-order valence-corrected chi connectivity index (χ4v) is 3.75. The summed E-state index contributed by atoms with van der Waals surface area (Å²) >= 11 is 5.89. The summed E-state index contributed by atoms with van der Waals surface area (Å²) in [6.07, 6.45) is 0.986. The van der Waals surface area contributed by atoms with Gasteiger partial charge in [-0.05, 0) is 32.0 Å². The average Bonchev–Trinajstić information content (AvgIpc) is 2.36. The molecule has 1 aromatic carbocycles. The van der Waals surface area contributed by atoms with Gasteiger partial charge in [-0.2, -0.15) is 0 Å². The summed E-state index contributed by atoms with van der Waals surface area (Å²) in [5, 5.41) is 0.123. The summed E-state index contributed by atoms with van der Waals surface area (Å²) in [4.78, 5) is 14.2. The molecule has 0 spiro atoms. The van der Waals surface area contributed by atoms with E-state index in [1.807, 2.05) is 13.8 Å². The zero-order valence-electron chi connectivity index (χ0n) is 12.2. The smallest absolute Gasteiger partial charge is 0.254 e. The molecule has 0 unspecified atom stereocenters. The van der Waals surface area contributed by atoms with Gasteiger partial charge in [0.2, 0.25) is 0 Å². The molecule has 1 heterocycles. The Labute approximate surface area is 129 Å². The van der Waals surface area contributed by atoms with Crippen molar-refractivity contribution in [1.29, 1.82) is 0 Å². The van der Waals surface area contributed by atoms with Crippen LogP contribution in [0.2, 0.25) is 5.02 Å². The molecule has 2 rings (SSSR count). The fourth-order valence-electron chi connectivity index (χ4n) is 2.45. The second kappa shape index (κ2) is 5.94. The average molecular weight is 332 g/mol. The molecular formula is C14H18ClNO4S. The largest absolute Gasteiger partial charge is 0.372 e. The molecule has 2 atom stereocenters. The van der Waals surface area contributed by atoms with E-state index in [4.69, 9.17) is 16.3 Å². The lowest BCUT2D eigenvalue weighted by atomic mass is 10.1. The van der Waals surface area contributed by atoms with Crippen LogP contribution in [0.3, 0.4) is 0 Å². The van der Waals surface area contributed by atoms with Crippen LogP contribution in [0.15, 0.2) is 23.1 Å². The summed E-state index contributed by atoms with van der Waals surface area (Å²) < 4.78 is 28.9. The molecular weight excluding hydrogens is 314 g/mol. The molecule has 1 amide bonds. The molecule has 1 fully saturated rings. The third-order valence-electron chi connectivity index (χ3n) is 3.28. The summed E-state index contributed by atoms with van der Waals surface area (Å²) in [5.74, 6) is -0.210. The van der Waals surface area contributed by atoms with Crippen molar-refractivity contribution in [2.45, 2.75) is 31.0 Å². The summed E-state index contributed by atoms with van der Waals surface area (Å²) in [5.41, 5.74) is 0.320. The van der Waals surface area contributed by atoms with Gasteiger partial charge >= 0.3 is 0 Å². The highest BCUT2D eigenvalue weighted by Gasteiger charge is 2.27. The first-order chi connectivity index (χ1) is 9.68. The minimum Gasteiger partial charge on any atom is -0.372 e. The van der Waals surface area contributed by atoms with Gasteiger partial charge < -0.3 is 9.64 Å². The SMILES string of the molecule is C[C@@H]1CN(C(=O)c2ccc(Cl)c(S(C)(=O)=O)c2)C[C@@H](C)O1. The molecule has 0 bridgehead atoms. The first-order valence-corrected chi connectivity index (χ1v) is 8.89. The fraction of sp³-hybridized carbons (Fsp3) is 0.500. The van der Waals surface area contributed by atoms with E-state index >= 15 is 0 Å². The second-order valence-electron chi connectivity index (χ2n) is 5.38. The molecule has 0 N–H and O–H groups in total. The van der Waals surface area contributed by atoms with E-state index in [1.165, 1.54) is 12.1 Å². The van der Waals surface area contributed by atoms with Gasteiger partial charge in [-0.15, -0.1) is 0 Å². The Bertz CT molecular complexity index is 649. The number of benzene rings is 1. The van der Waals surface area contributed by atoms with Crippen molar-refractivity contribution < 1.29 is 17.9 Å². The predicted octanol–water partition coefficient (Wildman–Crippen LogP) is 1.99. The van der Waals surface area contributed by atoms with Gasteiger partial charge in [0.15, 0.2) is 9.84 Å². The number of carbonyl (C=O) groups excluding carboxylic acids is 1. The molecule has 7 heteroatoms. The normalized spacial score (nSPS) is 23.1. The van der Waals surface area contributed by atoms with E-state index in [0.717, 1.165) is 6.26 Å². The Balaban J connectivity index is 2.32. The molecule has 1 aromatic rings. The van der Waals surface area contributed by atoms with Crippen LogP contribution >= 0.6 is 11.6 Å². The number of morpholine rings is 1. The van der Waals surface area contributed by atoms with Crippen LogP contribution in [0.1, 0.15) is 24.2 Å². The Morgan fingerprint density at radius 2 is 1.86 bits per heavy atom. The van der Waals surface area contributed by atoms with E-state index in [1.54, 1.807) is 11.0 Å². The maximum absolute atomic E-state index is 12.5. The quantitative estimate of drug-likeness (QED) is 0.831. The molecule has 0 radical (unpaired) electrons. The van der Waals surface area contributed by atoms with Crippen LogP contribution in [-0.2, 0) is 14.6 Å². The summed E-state index contributed by atoms with van der Waals surface area (Å²) in [6.45, 7) is 4.78. The van der Waals surface area contributed by atoms with Crippen molar-refractivity contribution in [2.24, 2.45) is 0 Å². The van der Waals surface area contributed by atoms with Crippen molar-refractivity contribution in [2.75, 3.05) is 19.3 Å². The van der Waals surface area contributed by atoms with Crippen molar-refractivity contribution in [1.82, 2.24) is 4.90 Å². The van der Waals surface area contributed by atoms with Gasteiger partial charge in [0, 0.05) is 24.9 Å². The van der Waals surface area contributed by atoms with Crippen molar-refractivity contribution in [3.05, 3.63) is 28.8 Å². The minimum atomic E-state index is -3.47. The van der Waals surface area contributed by atoms with Gasteiger partial charge in [-0.1, -0.05) is 11.6 Å². The Morgan fingerprint density at radius 3 is 2.38 bits per heavy atom. The number of ether oxygens (including phenoxy) is 1. The van der Waals surface area contributed by atoms with Gasteiger partial charge in [-0.3, -0.25) is 4.79 Å². The third kappa shape index (κ3) is 3.75. The van der Waals surface area contributed by atoms with Crippen molar-refractivity contribution in [3.8, 4) is 0 Å². The van der Waals surface area contributed by atoms with Gasteiger partial charge in [0.05, 0.1) is 22.1 Å². The van der Waals surface area contributed by atoms with Crippen LogP contribution < -0.4 is 0 Å². The number of rotatable bonds is 2. The second-order valence-corrected chi connectivity index (χ2v) is 7.78. The van der Waals surface area contributed by atoms with E-state index in [-0.39, 0.29) is 28.0 Å². The van der Waals surface area contributed by atoms with Gasteiger partial charge in [0.1, 0.15) is 0 Å². The Morgan fingerprint density at radius 1 is 1.29 bits per heavy atom. The first-order valence-electron chi connectivity index (χ1n) is 6.63. The number of amides is 1. The Kier molecular flexibility index (Phi) is 4.60. The number of nitrogens with zero attached hydrogens (tertiary/aromatic N) is 1. The van der Waals surface area contributed by atoms with Crippen molar-refractivity contribution >= 4 is 27.3 Å². The highest BCUT2D eigenvalue weighted by Crippen LogP contribution is 2.24. The molecule has 1 aliphatic heterocycles. The van der Waals surface area contributed by atoms with E-state index in [9.17, 15) is 13.2 Å². The van der Waals surface area contributed by atoms with Crippen molar-refractivity contribution in [3.63, 3.8) is 0 Å². The molecule has 0 aliphatic carbocycles. The lowest BCUT2D eigenvalue weighted by Gasteiger charge is -2.35. The molecule has 21 heavy (non-hydrogen) atoms. The van der Waals surface area contributed by atoms with E-state index in [0.29, 0.717) is 18.7 Å². The molecule has 1 aliphatic rings. The zero-order valence-corrected chi connectivity index (χ0v) is 13.7. The predicted molar refractivity (Wildman–Crippen MR) is 80.5 cm³/mol. The lowest BCUT2D eigenvalue weighted by Crippen LogP contribution is -2.48. The third-order valence-corrected chi connectivity index (χ3v) is 4.86. The first kappa shape index (κ1) is 16.3. The number of sulfone groups is 1. The Hall–Kier alpha value is -1.11. The molecule has 0 saturated carbocycles. The summed E-state index contributed by atoms with van der Waals surface area (Å²) in [6, 6.07) is 4.33. The number of hydrogen-bond donors (Lipinski definition) is 0. The highest BCUT2D eigenvalue weighted by atomic mass is 35.5. The van der Waals surface area contributed by atoms with Crippen LogP contribution in [0.25, 0.3) is 0 Å². The maximum Gasteiger partial charge on any atom is 0.254 e. The number of halogens is 1. The molecule has 1 saturated heterocycles. The van der Waals surface area contributed by atoms with E-state index < -0.39 is 9.84 Å². The zero-order chi connectivity index (χ0) is 15.8. The summed E-state index contributed by atoms with van der Waals surface area (Å²) in [7, 11) is -3.47. The molecule has 116 valence electrons.